The number of sulfonamides is 1. The number of nitrogens with one attached hydrogen (secondary N) is 3. The van der Waals surface area contributed by atoms with Gasteiger partial charge in [-0.05, 0) is 35.7 Å². The van der Waals surface area contributed by atoms with E-state index in [0.29, 0.717) is 25.3 Å². The zero-order chi connectivity index (χ0) is 18.8. The fraction of sp³-hybridized carbons (Fsp3) is 0.353. The average Bonchev–Trinajstić information content (AvgIpc) is 3.16. The topological polar surface area (TPSA) is 96.5 Å². The van der Waals surface area contributed by atoms with Gasteiger partial charge in [0, 0.05) is 43.7 Å². The summed E-state index contributed by atoms with van der Waals surface area (Å²) in [7, 11) is -1.98. The van der Waals surface area contributed by atoms with Crippen LogP contribution in [0.15, 0.2) is 46.7 Å². The van der Waals surface area contributed by atoms with Crippen molar-refractivity contribution < 1.29 is 17.9 Å². The number of carbonyl (C=O) groups excluding carboxylic acids is 1. The summed E-state index contributed by atoms with van der Waals surface area (Å²) in [4.78, 5) is 13.1. The Kier molecular flexibility index (Phi) is 10.5. The quantitative estimate of drug-likeness (QED) is 0.468. The molecule has 1 heterocycles. The van der Waals surface area contributed by atoms with Gasteiger partial charge in [-0.15, -0.1) is 23.7 Å². The summed E-state index contributed by atoms with van der Waals surface area (Å²) in [6.07, 6.45) is 0. The minimum absolute atomic E-state index is 0. The molecule has 2 rings (SSSR count). The first kappa shape index (κ1) is 23.5. The van der Waals surface area contributed by atoms with Crippen molar-refractivity contribution in [1.29, 1.82) is 0 Å². The molecule has 7 nitrogen and oxygen atoms in total. The highest BCUT2D eigenvalue weighted by Crippen LogP contribution is 2.13. The number of hydrogen-bond donors (Lipinski definition) is 3. The van der Waals surface area contributed by atoms with Crippen molar-refractivity contribution >= 4 is 39.7 Å². The Hall–Kier alpha value is -1.49. The molecule has 150 valence electrons. The maximum absolute atomic E-state index is 12.3. The van der Waals surface area contributed by atoms with E-state index in [1.807, 2.05) is 17.5 Å². The molecule has 0 spiro atoms. The molecule has 1 aromatic heterocycles. The summed E-state index contributed by atoms with van der Waals surface area (Å²) in [5.41, 5.74) is 0.416. The monoisotopic (exact) mass is 433 g/mol. The largest absolute Gasteiger partial charge is 0.383 e. The number of thiophene rings is 1. The van der Waals surface area contributed by atoms with Gasteiger partial charge in [-0.2, -0.15) is 0 Å². The molecule has 2 aromatic rings. The highest BCUT2D eigenvalue weighted by Gasteiger charge is 2.15. The molecule has 10 heteroatoms. The number of halogens is 1. The summed E-state index contributed by atoms with van der Waals surface area (Å²) in [6.45, 7) is 2.69. The van der Waals surface area contributed by atoms with E-state index in [1.165, 1.54) is 35.6 Å². The second-order valence-electron chi connectivity index (χ2n) is 5.43. The normalized spacial score (nSPS) is 11.0. The number of amides is 1. The first-order valence-corrected chi connectivity index (χ1v) is 10.5. The molecule has 1 aromatic carbocycles. The zero-order valence-electron chi connectivity index (χ0n) is 14.9. The fourth-order valence-corrected chi connectivity index (χ4v) is 3.86. The first-order chi connectivity index (χ1) is 12.5. The molecule has 0 atom stereocenters. The fourth-order valence-electron chi connectivity index (χ4n) is 2.11. The lowest BCUT2D eigenvalue weighted by atomic mass is 10.2. The van der Waals surface area contributed by atoms with Gasteiger partial charge in [0.05, 0.1) is 11.5 Å². The number of methoxy groups -OCH3 is 1. The van der Waals surface area contributed by atoms with Crippen LogP contribution in [0.4, 0.5) is 0 Å². The maximum Gasteiger partial charge on any atom is 0.251 e. The summed E-state index contributed by atoms with van der Waals surface area (Å²) in [6, 6.07) is 9.62. The third-order valence-electron chi connectivity index (χ3n) is 3.51. The van der Waals surface area contributed by atoms with Crippen LogP contribution in [0.3, 0.4) is 0 Å². The Balaban J connectivity index is 0.00000364. The molecule has 0 fully saturated rings. The predicted octanol–water partition coefficient (Wildman–Crippen LogP) is 1.61. The molecule has 1 amide bonds. The van der Waals surface area contributed by atoms with Gasteiger partial charge in [0.25, 0.3) is 5.91 Å². The Morgan fingerprint density at radius 1 is 1.11 bits per heavy atom. The third kappa shape index (κ3) is 7.96. The first-order valence-electron chi connectivity index (χ1n) is 8.13. The van der Waals surface area contributed by atoms with E-state index in [4.69, 9.17) is 4.74 Å². The van der Waals surface area contributed by atoms with Crippen LogP contribution in [0, 0.1) is 0 Å². The SMILES string of the molecule is COCCNCCNC(=O)c1ccc(S(=O)(=O)NCc2cccs2)cc1.Cl. The molecule has 0 bridgehead atoms. The van der Waals surface area contributed by atoms with E-state index in [-0.39, 0.29) is 29.8 Å². The number of benzene rings is 1. The molecular weight excluding hydrogens is 410 g/mol. The molecule has 0 saturated carbocycles. The van der Waals surface area contributed by atoms with Crippen molar-refractivity contribution in [3.63, 3.8) is 0 Å². The van der Waals surface area contributed by atoms with Crippen molar-refractivity contribution in [3.8, 4) is 0 Å². The zero-order valence-corrected chi connectivity index (χ0v) is 17.4. The highest BCUT2D eigenvalue weighted by atomic mass is 35.5. The van der Waals surface area contributed by atoms with Crippen LogP contribution >= 0.6 is 23.7 Å². The van der Waals surface area contributed by atoms with E-state index < -0.39 is 10.0 Å². The minimum Gasteiger partial charge on any atom is -0.383 e. The van der Waals surface area contributed by atoms with Gasteiger partial charge in [0.15, 0.2) is 0 Å². The summed E-state index contributed by atoms with van der Waals surface area (Å²) in [5, 5.41) is 7.79. The van der Waals surface area contributed by atoms with E-state index >= 15 is 0 Å². The molecule has 0 radical (unpaired) electrons. The van der Waals surface area contributed by atoms with Crippen LogP contribution in [-0.4, -0.2) is 47.7 Å². The lowest BCUT2D eigenvalue weighted by molar-refractivity contribution is 0.0953. The van der Waals surface area contributed by atoms with Gasteiger partial charge in [-0.25, -0.2) is 13.1 Å². The van der Waals surface area contributed by atoms with Crippen LogP contribution in [0.25, 0.3) is 0 Å². The van der Waals surface area contributed by atoms with Crippen LogP contribution < -0.4 is 15.4 Å². The number of ether oxygens (including phenoxy) is 1. The summed E-state index contributed by atoms with van der Waals surface area (Å²) in [5.74, 6) is -0.242. The van der Waals surface area contributed by atoms with Crippen LogP contribution in [0.2, 0.25) is 0 Å². The third-order valence-corrected chi connectivity index (χ3v) is 5.81. The predicted molar refractivity (Wildman–Crippen MR) is 109 cm³/mol. The molecule has 0 aliphatic heterocycles. The smallest absolute Gasteiger partial charge is 0.251 e. The van der Waals surface area contributed by atoms with E-state index in [2.05, 4.69) is 15.4 Å². The van der Waals surface area contributed by atoms with Gasteiger partial charge in [0.2, 0.25) is 10.0 Å². The van der Waals surface area contributed by atoms with E-state index in [1.54, 1.807) is 7.11 Å². The summed E-state index contributed by atoms with van der Waals surface area (Å²) < 4.78 is 32.0. The Morgan fingerprint density at radius 3 is 2.48 bits per heavy atom. The number of carbonyl (C=O) groups is 1. The van der Waals surface area contributed by atoms with E-state index in [9.17, 15) is 13.2 Å². The Bertz CT molecular complexity index is 781. The molecule has 0 aliphatic carbocycles. The van der Waals surface area contributed by atoms with Crippen molar-refractivity contribution in [3.05, 3.63) is 52.2 Å². The number of rotatable bonds is 11. The molecule has 3 N–H and O–H groups in total. The molecular formula is C17H24ClN3O4S2. The Morgan fingerprint density at radius 2 is 1.85 bits per heavy atom. The van der Waals surface area contributed by atoms with Crippen LogP contribution in [-0.2, 0) is 21.3 Å². The maximum atomic E-state index is 12.3. The highest BCUT2D eigenvalue weighted by molar-refractivity contribution is 7.89. The van der Waals surface area contributed by atoms with E-state index in [0.717, 1.165) is 11.4 Å². The van der Waals surface area contributed by atoms with Crippen molar-refractivity contribution in [2.45, 2.75) is 11.4 Å². The average molecular weight is 434 g/mol. The van der Waals surface area contributed by atoms with Crippen LogP contribution in [0.1, 0.15) is 15.2 Å². The minimum atomic E-state index is -3.61. The standard InChI is InChI=1S/C17H23N3O4S2.ClH/c1-24-11-10-18-8-9-19-17(21)14-4-6-16(7-5-14)26(22,23)20-13-15-3-2-12-25-15;/h2-7,12,18,20H,8-11,13H2,1H3,(H,19,21);1H. The Labute approximate surface area is 170 Å². The second-order valence-corrected chi connectivity index (χ2v) is 8.23. The lowest BCUT2D eigenvalue weighted by Crippen LogP contribution is -2.33. The van der Waals surface area contributed by atoms with Crippen molar-refractivity contribution in [2.75, 3.05) is 33.4 Å². The summed E-state index contributed by atoms with van der Waals surface area (Å²) >= 11 is 1.49. The molecule has 0 unspecified atom stereocenters. The van der Waals surface area contributed by atoms with Gasteiger partial charge in [0.1, 0.15) is 0 Å². The van der Waals surface area contributed by atoms with Gasteiger partial charge >= 0.3 is 0 Å². The van der Waals surface area contributed by atoms with Crippen LogP contribution in [0.5, 0.6) is 0 Å². The van der Waals surface area contributed by atoms with Gasteiger partial charge in [-0.1, -0.05) is 6.07 Å². The second kappa shape index (κ2) is 12.1. The van der Waals surface area contributed by atoms with Gasteiger partial charge < -0.3 is 15.4 Å². The van der Waals surface area contributed by atoms with Crippen molar-refractivity contribution in [2.24, 2.45) is 0 Å². The van der Waals surface area contributed by atoms with Crippen molar-refractivity contribution in [1.82, 2.24) is 15.4 Å². The molecule has 0 aliphatic rings. The molecule has 27 heavy (non-hydrogen) atoms. The van der Waals surface area contributed by atoms with Gasteiger partial charge in [-0.3, -0.25) is 4.79 Å². The molecule has 0 saturated heterocycles. The number of hydrogen-bond acceptors (Lipinski definition) is 6. The lowest BCUT2D eigenvalue weighted by Gasteiger charge is -2.08.